The van der Waals surface area contributed by atoms with Crippen molar-refractivity contribution in [3.8, 4) is 11.1 Å². The van der Waals surface area contributed by atoms with Gasteiger partial charge in [0, 0.05) is 16.1 Å². The van der Waals surface area contributed by atoms with Gasteiger partial charge in [0.1, 0.15) is 11.1 Å². The highest BCUT2D eigenvalue weighted by atomic mass is 35.5. The normalized spacial score (nSPS) is 11.1. The van der Waals surface area contributed by atoms with Gasteiger partial charge >= 0.3 is 5.69 Å². The third-order valence-electron chi connectivity index (χ3n) is 4.00. The lowest BCUT2D eigenvalue weighted by molar-refractivity contribution is -0.349. The van der Waals surface area contributed by atoms with Crippen molar-refractivity contribution in [2.24, 2.45) is 0 Å². The summed E-state index contributed by atoms with van der Waals surface area (Å²) in [5.41, 5.74) is 0.789. The zero-order valence-corrected chi connectivity index (χ0v) is 13.7. The van der Waals surface area contributed by atoms with Crippen LogP contribution in [-0.2, 0) is 6.54 Å². The summed E-state index contributed by atoms with van der Waals surface area (Å²) in [5, 5.41) is 0.889. The van der Waals surface area contributed by atoms with Crippen molar-refractivity contribution in [1.82, 2.24) is 9.55 Å². The van der Waals surface area contributed by atoms with Gasteiger partial charge in [0.05, 0.1) is 12.5 Å². The van der Waals surface area contributed by atoms with Gasteiger partial charge in [0.25, 0.3) is 11.2 Å². The summed E-state index contributed by atoms with van der Waals surface area (Å²) in [5.74, 6) is 0.604. The minimum Gasteiger partial charge on any atom is -0.465 e. The van der Waals surface area contributed by atoms with Gasteiger partial charge in [0.15, 0.2) is 6.54 Å². The molecule has 25 heavy (non-hydrogen) atoms. The van der Waals surface area contributed by atoms with Gasteiger partial charge in [-0.25, -0.2) is 9.78 Å². The molecule has 0 aliphatic heterocycles. The van der Waals surface area contributed by atoms with Crippen LogP contribution in [0, 0.1) is 0 Å². The number of aromatic nitrogens is 3. The highest BCUT2D eigenvalue weighted by Gasteiger charge is 2.21. The maximum Gasteiger partial charge on any atom is 0.416 e. The fourth-order valence-corrected chi connectivity index (χ4v) is 3.11. The molecule has 0 saturated heterocycles. The number of hydrogen-bond acceptors (Lipinski definition) is 3. The maximum absolute atomic E-state index is 12.5. The second-order valence-corrected chi connectivity index (χ2v) is 5.93. The number of H-pyrrole nitrogens is 2. The Morgan fingerprint density at radius 3 is 2.68 bits per heavy atom. The Bertz CT molecular complexity index is 1180. The van der Waals surface area contributed by atoms with Gasteiger partial charge in [-0.15, -0.1) is 0 Å². The molecule has 0 spiro atoms. The van der Waals surface area contributed by atoms with E-state index in [1.165, 1.54) is 10.8 Å². The van der Waals surface area contributed by atoms with Crippen molar-refractivity contribution in [1.29, 1.82) is 0 Å². The van der Waals surface area contributed by atoms with E-state index in [1.54, 1.807) is 30.5 Å². The minimum atomic E-state index is -0.513. The lowest BCUT2D eigenvalue weighted by Crippen LogP contribution is -2.34. The maximum atomic E-state index is 12.5. The number of nitrogens with zero attached hydrogens (tertiary/aromatic N) is 1. The first-order chi connectivity index (χ1) is 12.1. The molecule has 4 aromatic rings. The summed E-state index contributed by atoms with van der Waals surface area (Å²) in [6.45, 7) is 0.196. The molecule has 0 radical (unpaired) electrons. The first-order valence-corrected chi connectivity index (χ1v) is 7.98. The molecule has 3 heterocycles. The van der Waals surface area contributed by atoms with Gasteiger partial charge in [-0.1, -0.05) is 29.8 Å². The predicted molar refractivity (Wildman–Crippen MR) is 93.6 cm³/mol. The molecule has 1 aromatic carbocycles. The summed E-state index contributed by atoms with van der Waals surface area (Å²) in [4.78, 5) is 30.2. The highest BCUT2D eigenvalue weighted by molar-refractivity contribution is 6.33. The van der Waals surface area contributed by atoms with E-state index in [1.807, 2.05) is 18.2 Å². The monoisotopic (exact) mass is 354 g/mol. The second-order valence-electron chi connectivity index (χ2n) is 5.52. The van der Waals surface area contributed by atoms with Gasteiger partial charge in [0.2, 0.25) is 0 Å². The SMILES string of the molecule is O=c1[nH]c(=O)n(Cc2ccco2)c2[nH+]ccc(-c3ccccc3Cl)c12. The molecule has 4 rings (SSSR count). The zero-order valence-electron chi connectivity index (χ0n) is 13.0. The molecular weight excluding hydrogens is 342 g/mol. The molecule has 6 nitrogen and oxygen atoms in total. The Balaban J connectivity index is 2.04. The van der Waals surface area contributed by atoms with E-state index in [0.717, 1.165) is 5.56 Å². The number of nitrogens with one attached hydrogen (secondary N) is 2. The molecule has 0 amide bonds. The number of halogens is 1. The molecule has 0 atom stereocenters. The average Bonchev–Trinajstić information content (AvgIpc) is 3.11. The fourth-order valence-electron chi connectivity index (χ4n) is 2.87. The van der Waals surface area contributed by atoms with E-state index in [4.69, 9.17) is 16.0 Å². The lowest BCUT2D eigenvalue weighted by Gasteiger charge is -2.07. The summed E-state index contributed by atoms with van der Waals surface area (Å²) in [6, 6.07) is 12.5. The fraction of sp³-hybridized carbons (Fsp3) is 0.0556. The molecule has 0 saturated carbocycles. The average molecular weight is 355 g/mol. The molecule has 3 aromatic heterocycles. The molecule has 0 bridgehead atoms. The smallest absolute Gasteiger partial charge is 0.416 e. The molecule has 0 aliphatic carbocycles. The third-order valence-corrected chi connectivity index (χ3v) is 4.33. The predicted octanol–water partition coefficient (Wildman–Crippen LogP) is 2.47. The summed E-state index contributed by atoms with van der Waals surface area (Å²) >= 11 is 6.29. The van der Waals surface area contributed by atoms with E-state index in [2.05, 4.69) is 9.97 Å². The van der Waals surface area contributed by atoms with Crippen LogP contribution in [0.5, 0.6) is 0 Å². The van der Waals surface area contributed by atoms with Crippen molar-refractivity contribution in [2.45, 2.75) is 6.54 Å². The first-order valence-electron chi connectivity index (χ1n) is 7.60. The van der Waals surface area contributed by atoms with Gasteiger partial charge in [-0.2, -0.15) is 4.57 Å². The van der Waals surface area contributed by atoms with Crippen LogP contribution in [0.2, 0.25) is 5.02 Å². The van der Waals surface area contributed by atoms with Crippen LogP contribution >= 0.6 is 11.6 Å². The third kappa shape index (κ3) is 2.66. The van der Waals surface area contributed by atoms with Crippen molar-refractivity contribution in [3.63, 3.8) is 0 Å². The quantitative estimate of drug-likeness (QED) is 0.613. The van der Waals surface area contributed by atoms with E-state index in [-0.39, 0.29) is 6.54 Å². The summed E-state index contributed by atoms with van der Waals surface area (Å²) in [6.07, 6.45) is 3.21. The van der Waals surface area contributed by atoms with Crippen molar-refractivity contribution in [3.05, 3.63) is 86.5 Å². The van der Waals surface area contributed by atoms with E-state index >= 15 is 0 Å². The van der Waals surface area contributed by atoms with Crippen LogP contribution in [0.25, 0.3) is 22.2 Å². The Labute approximate surface area is 146 Å². The van der Waals surface area contributed by atoms with Crippen LogP contribution in [0.3, 0.4) is 0 Å². The number of rotatable bonds is 3. The van der Waals surface area contributed by atoms with E-state index in [9.17, 15) is 9.59 Å². The zero-order chi connectivity index (χ0) is 17.4. The number of fused-ring (bicyclic) bond motifs is 1. The highest BCUT2D eigenvalue weighted by Crippen LogP contribution is 2.30. The van der Waals surface area contributed by atoms with Gasteiger partial charge < -0.3 is 4.42 Å². The van der Waals surface area contributed by atoms with Crippen molar-refractivity contribution < 1.29 is 9.40 Å². The Morgan fingerprint density at radius 2 is 1.92 bits per heavy atom. The van der Waals surface area contributed by atoms with E-state index in [0.29, 0.717) is 27.4 Å². The molecule has 0 fully saturated rings. The molecule has 7 heteroatoms. The molecular formula is C18H13ClN3O3+. The second kappa shape index (κ2) is 6.07. The Kier molecular flexibility index (Phi) is 3.74. The van der Waals surface area contributed by atoms with Crippen LogP contribution in [0.15, 0.2) is 68.9 Å². The van der Waals surface area contributed by atoms with Crippen molar-refractivity contribution >= 4 is 22.6 Å². The molecule has 0 unspecified atom stereocenters. The summed E-state index contributed by atoms with van der Waals surface area (Å²) < 4.78 is 6.75. The Hall–Kier alpha value is -3.12. The van der Waals surface area contributed by atoms with Crippen LogP contribution < -0.4 is 16.2 Å². The largest absolute Gasteiger partial charge is 0.465 e. The number of pyridine rings is 1. The van der Waals surface area contributed by atoms with Crippen LogP contribution in [0.1, 0.15) is 5.76 Å². The van der Waals surface area contributed by atoms with Crippen molar-refractivity contribution in [2.75, 3.05) is 0 Å². The molecule has 2 N–H and O–H groups in total. The lowest BCUT2D eigenvalue weighted by atomic mass is 10.0. The topological polar surface area (TPSA) is 82.1 Å². The van der Waals surface area contributed by atoms with Gasteiger partial charge in [-0.3, -0.25) is 9.78 Å². The number of benzene rings is 1. The van der Waals surface area contributed by atoms with E-state index < -0.39 is 11.2 Å². The standard InChI is InChI=1S/C18H12ClN3O3/c19-14-6-2-1-5-12(14)13-7-8-20-16-15(13)17(23)21-18(24)22(16)10-11-4-3-9-25-11/h1-9H,10H2,(H,21,23,24)/p+1. The summed E-state index contributed by atoms with van der Waals surface area (Å²) in [7, 11) is 0. The first kappa shape index (κ1) is 15.4. The molecule has 0 aliphatic rings. The van der Waals surface area contributed by atoms with Crippen LogP contribution in [0.4, 0.5) is 0 Å². The van der Waals surface area contributed by atoms with Crippen LogP contribution in [-0.4, -0.2) is 9.55 Å². The van der Waals surface area contributed by atoms with Gasteiger partial charge in [-0.05, 0) is 24.3 Å². The number of furan rings is 1. The number of hydrogen-bond donors (Lipinski definition) is 1. The Morgan fingerprint density at radius 1 is 1.08 bits per heavy atom. The number of aromatic amines is 2. The molecule has 124 valence electrons. The minimum absolute atomic E-state index is 0.196.